The fraction of sp³-hybridized carbons (Fsp3) is 0.524. The number of aromatic nitrogens is 1. The number of nitrogens with one attached hydrogen (secondary N) is 2. The zero-order chi connectivity index (χ0) is 19.3. The Labute approximate surface area is 162 Å². The van der Waals surface area contributed by atoms with Crippen molar-refractivity contribution in [2.75, 3.05) is 26.3 Å². The van der Waals surface area contributed by atoms with Crippen LogP contribution >= 0.6 is 0 Å². The number of rotatable bonds is 11. The molecule has 2 rings (SSSR count). The maximum atomic E-state index is 5.71. The second-order valence-corrected chi connectivity index (χ2v) is 6.70. The van der Waals surface area contributed by atoms with Gasteiger partial charge in [-0.05, 0) is 31.2 Å². The van der Waals surface area contributed by atoms with E-state index in [1.807, 2.05) is 12.1 Å². The first-order chi connectivity index (χ1) is 13.2. The predicted molar refractivity (Wildman–Crippen MR) is 109 cm³/mol. The van der Waals surface area contributed by atoms with Crippen molar-refractivity contribution in [1.82, 2.24) is 15.8 Å². The SMILES string of the molecule is CCNC(=NCc1cc(C(C)C)no1)NCCCOCCc1ccccc1. The van der Waals surface area contributed by atoms with Crippen molar-refractivity contribution in [2.24, 2.45) is 4.99 Å². The minimum atomic E-state index is 0.361. The van der Waals surface area contributed by atoms with Crippen molar-refractivity contribution in [3.8, 4) is 0 Å². The molecule has 0 aliphatic heterocycles. The quantitative estimate of drug-likeness (QED) is 0.359. The number of guanidine groups is 1. The van der Waals surface area contributed by atoms with Crippen molar-refractivity contribution in [1.29, 1.82) is 0 Å². The third-order valence-electron chi connectivity index (χ3n) is 4.04. The standard InChI is InChI=1S/C21H32N4O2/c1-4-22-21(24-16-19-15-20(17(2)3)25-27-19)23-12-8-13-26-14-11-18-9-6-5-7-10-18/h5-7,9-10,15,17H,4,8,11-14,16H2,1-3H3,(H2,22,23,24). The zero-order valence-corrected chi connectivity index (χ0v) is 16.7. The van der Waals surface area contributed by atoms with Gasteiger partial charge in [0, 0.05) is 25.8 Å². The van der Waals surface area contributed by atoms with Gasteiger partial charge in [0.25, 0.3) is 0 Å². The highest BCUT2D eigenvalue weighted by atomic mass is 16.5. The van der Waals surface area contributed by atoms with Gasteiger partial charge in [0.15, 0.2) is 11.7 Å². The summed E-state index contributed by atoms with van der Waals surface area (Å²) in [5.74, 6) is 1.92. The van der Waals surface area contributed by atoms with E-state index >= 15 is 0 Å². The number of ether oxygens (including phenoxy) is 1. The highest BCUT2D eigenvalue weighted by Crippen LogP contribution is 2.14. The van der Waals surface area contributed by atoms with Crippen LogP contribution in [0.25, 0.3) is 0 Å². The number of hydrogen-bond acceptors (Lipinski definition) is 4. The van der Waals surface area contributed by atoms with E-state index in [-0.39, 0.29) is 0 Å². The summed E-state index contributed by atoms with van der Waals surface area (Å²) in [5.41, 5.74) is 2.27. The molecule has 0 aliphatic rings. The van der Waals surface area contributed by atoms with E-state index in [9.17, 15) is 0 Å². The van der Waals surface area contributed by atoms with Gasteiger partial charge in [0.05, 0.1) is 12.3 Å². The van der Waals surface area contributed by atoms with Gasteiger partial charge < -0.3 is 19.9 Å². The number of hydrogen-bond donors (Lipinski definition) is 2. The smallest absolute Gasteiger partial charge is 0.191 e. The molecule has 2 N–H and O–H groups in total. The second-order valence-electron chi connectivity index (χ2n) is 6.70. The van der Waals surface area contributed by atoms with Crippen LogP contribution in [0.3, 0.4) is 0 Å². The molecule has 0 atom stereocenters. The molecule has 1 heterocycles. The Bertz CT molecular complexity index is 668. The van der Waals surface area contributed by atoms with Gasteiger partial charge in [-0.1, -0.05) is 49.3 Å². The molecule has 0 spiro atoms. The van der Waals surface area contributed by atoms with Crippen LogP contribution in [-0.4, -0.2) is 37.4 Å². The first kappa shape index (κ1) is 21.0. The molecule has 6 nitrogen and oxygen atoms in total. The summed E-state index contributed by atoms with van der Waals surface area (Å²) in [6.45, 7) is 9.83. The lowest BCUT2D eigenvalue weighted by atomic mass is 10.1. The summed E-state index contributed by atoms with van der Waals surface area (Å²) in [6.07, 6.45) is 1.88. The van der Waals surface area contributed by atoms with Crippen LogP contribution < -0.4 is 10.6 Å². The van der Waals surface area contributed by atoms with E-state index in [1.165, 1.54) is 5.56 Å². The Kier molecular flexibility index (Phi) is 9.41. The second kappa shape index (κ2) is 12.1. The van der Waals surface area contributed by atoms with Crippen LogP contribution in [0, 0.1) is 0 Å². The maximum absolute atomic E-state index is 5.71. The molecule has 27 heavy (non-hydrogen) atoms. The van der Waals surface area contributed by atoms with Crippen molar-refractivity contribution in [2.45, 2.75) is 46.1 Å². The van der Waals surface area contributed by atoms with Crippen LogP contribution in [0.4, 0.5) is 0 Å². The molecule has 0 fully saturated rings. The predicted octanol–water partition coefficient (Wildman–Crippen LogP) is 3.50. The van der Waals surface area contributed by atoms with Gasteiger partial charge in [-0.25, -0.2) is 4.99 Å². The largest absolute Gasteiger partial charge is 0.381 e. The summed E-state index contributed by atoms with van der Waals surface area (Å²) in [4.78, 5) is 4.55. The van der Waals surface area contributed by atoms with Crippen LogP contribution in [0.1, 0.15) is 50.1 Å². The van der Waals surface area contributed by atoms with Crippen molar-refractivity contribution in [3.63, 3.8) is 0 Å². The minimum absolute atomic E-state index is 0.361. The summed E-state index contributed by atoms with van der Waals surface area (Å²) >= 11 is 0. The van der Waals surface area contributed by atoms with Crippen LogP contribution in [0.15, 0.2) is 45.9 Å². The van der Waals surface area contributed by atoms with Gasteiger partial charge in [-0.2, -0.15) is 0 Å². The molecule has 0 radical (unpaired) electrons. The Morgan fingerprint density at radius 3 is 2.70 bits per heavy atom. The zero-order valence-electron chi connectivity index (χ0n) is 16.7. The Morgan fingerprint density at radius 2 is 2.00 bits per heavy atom. The molecule has 0 amide bonds. The lowest BCUT2D eigenvalue weighted by Crippen LogP contribution is -2.38. The van der Waals surface area contributed by atoms with E-state index in [0.29, 0.717) is 12.5 Å². The van der Waals surface area contributed by atoms with E-state index in [1.54, 1.807) is 0 Å². The van der Waals surface area contributed by atoms with Crippen LogP contribution in [0.2, 0.25) is 0 Å². The Morgan fingerprint density at radius 1 is 1.19 bits per heavy atom. The molecule has 0 saturated heterocycles. The average molecular weight is 373 g/mol. The molecule has 0 bridgehead atoms. The van der Waals surface area contributed by atoms with Crippen molar-refractivity contribution in [3.05, 3.63) is 53.4 Å². The third-order valence-corrected chi connectivity index (χ3v) is 4.04. The molecule has 0 aliphatic carbocycles. The summed E-state index contributed by atoms with van der Waals surface area (Å²) in [5, 5.41) is 10.6. The number of aliphatic imine (C=N–C) groups is 1. The van der Waals surface area contributed by atoms with Gasteiger partial charge in [-0.3, -0.25) is 0 Å². The number of benzene rings is 1. The van der Waals surface area contributed by atoms with E-state index in [4.69, 9.17) is 9.26 Å². The third kappa shape index (κ3) is 8.26. The average Bonchev–Trinajstić information content (AvgIpc) is 3.15. The highest BCUT2D eigenvalue weighted by Gasteiger charge is 2.07. The molecule has 1 aromatic heterocycles. The first-order valence-electron chi connectivity index (χ1n) is 9.78. The summed E-state index contributed by atoms with van der Waals surface area (Å²) in [6, 6.07) is 12.4. The molecule has 2 aromatic rings. The van der Waals surface area contributed by atoms with Crippen LogP contribution in [-0.2, 0) is 17.7 Å². The molecule has 0 unspecified atom stereocenters. The molecule has 0 saturated carbocycles. The normalized spacial score (nSPS) is 11.8. The van der Waals surface area contributed by atoms with Gasteiger partial charge in [-0.15, -0.1) is 0 Å². The molecule has 6 heteroatoms. The summed E-state index contributed by atoms with van der Waals surface area (Å²) in [7, 11) is 0. The monoisotopic (exact) mass is 372 g/mol. The van der Waals surface area contributed by atoms with Gasteiger partial charge in [0.1, 0.15) is 6.54 Å². The molecule has 1 aromatic carbocycles. The first-order valence-corrected chi connectivity index (χ1v) is 9.78. The van der Waals surface area contributed by atoms with E-state index < -0.39 is 0 Å². The van der Waals surface area contributed by atoms with Crippen molar-refractivity contribution >= 4 is 5.96 Å². The van der Waals surface area contributed by atoms with E-state index in [0.717, 1.165) is 56.6 Å². The highest BCUT2D eigenvalue weighted by molar-refractivity contribution is 5.79. The lowest BCUT2D eigenvalue weighted by Gasteiger charge is -2.11. The molecular weight excluding hydrogens is 340 g/mol. The fourth-order valence-corrected chi connectivity index (χ4v) is 2.49. The Hall–Kier alpha value is -2.34. The minimum Gasteiger partial charge on any atom is -0.381 e. The number of nitrogens with zero attached hydrogens (tertiary/aromatic N) is 2. The molecular formula is C21H32N4O2. The van der Waals surface area contributed by atoms with E-state index in [2.05, 4.69) is 65.8 Å². The molecule has 148 valence electrons. The Balaban J connectivity index is 1.63. The summed E-state index contributed by atoms with van der Waals surface area (Å²) < 4.78 is 11.0. The maximum Gasteiger partial charge on any atom is 0.191 e. The topological polar surface area (TPSA) is 71.7 Å². The van der Waals surface area contributed by atoms with Crippen molar-refractivity contribution < 1.29 is 9.26 Å². The van der Waals surface area contributed by atoms with Crippen LogP contribution in [0.5, 0.6) is 0 Å². The fourth-order valence-electron chi connectivity index (χ4n) is 2.49. The van der Waals surface area contributed by atoms with Gasteiger partial charge in [0.2, 0.25) is 0 Å². The lowest BCUT2D eigenvalue weighted by molar-refractivity contribution is 0.135. The van der Waals surface area contributed by atoms with Gasteiger partial charge >= 0.3 is 0 Å².